The Morgan fingerprint density at radius 3 is 2.55 bits per heavy atom. The van der Waals surface area contributed by atoms with E-state index in [2.05, 4.69) is 54.4 Å². The van der Waals surface area contributed by atoms with Gasteiger partial charge in [-0.05, 0) is 50.3 Å². The van der Waals surface area contributed by atoms with Gasteiger partial charge in [-0.15, -0.1) is 0 Å². The molecule has 1 atom stereocenters. The van der Waals surface area contributed by atoms with E-state index in [1.807, 2.05) is 0 Å². The fraction of sp³-hybridized carbons (Fsp3) is 0.667. The molecule has 1 aliphatic heterocycles. The number of likely N-dealkylation sites (tertiary alicyclic amines) is 1. The summed E-state index contributed by atoms with van der Waals surface area (Å²) in [4.78, 5) is 2.61. The summed E-state index contributed by atoms with van der Waals surface area (Å²) >= 11 is 0. The number of nitrogens with one attached hydrogen (secondary N) is 1. The van der Waals surface area contributed by atoms with Gasteiger partial charge in [-0.1, -0.05) is 44.2 Å². The Labute approximate surface area is 124 Å². The van der Waals surface area contributed by atoms with Gasteiger partial charge in [-0.3, -0.25) is 0 Å². The van der Waals surface area contributed by atoms with Crippen LogP contribution in [-0.2, 0) is 6.42 Å². The summed E-state index contributed by atoms with van der Waals surface area (Å²) in [6.07, 6.45) is 5.10. The van der Waals surface area contributed by atoms with Crippen LogP contribution in [0.2, 0.25) is 0 Å². The summed E-state index contributed by atoms with van der Waals surface area (Å²) in [5.74, 6) is 0.931. The summed E-state index contributed by atoms with van der Waals surface area (Å²) in [7, 11) is 0. The molecule has 0 amide bonds. The van der Waals surface area contributed by atoms with E-state index in [0.29, 0.717) is 6.04 Å². The highest BCUT2D eigenvalue weighted by Crippen LogP contribution is 2.15. The standard InChI is InChI=1S/C18H30N2/c1-3-18(15-17-7-5-4-6-8-17)19-11-14-20-12-9-16(2)10-13-20/h4-8,16,18-19H,3,9-15H2,1-2H3. The minimum absolute atomic E-state index is 0.612. The molecule has 2 rings (SSSR count). The van der Waals surface area contributed by atoms with Crippen LogP contribution in [0.1, 0.15) is 38.7 Å². The molecular weight excluding hydrogens is 244 g/mol. The molecular formula is C18H30N2. The predicted octanol–water partition coefficient (Wildman–Crippen LogP) is 3.33. The van der Waals surface area contributed by atoms with Crippen LogP contribution >= 0.6 is 0 Å². The zero-order valence-electron chi connectivity index (χ0n) is 13.1. The lowest BCUT2D eigenvalue weighted by molar-refractivity contribution is 0.191. The van der Waals surface area contributed by atoms with Gasteiger partial charge in [-0.2, -0.15) is 0 Å². The molecule has 1 aromatic rings. The van der Waals surface area contributed by atoms with E-state index in [1.165, 1.54) is 44.5 Å². The normalized spacial score (nSPS) is 19.1. The van der Waals surface area contributed by atoms with Crippen molar-refractivity contribution in [2.75, 3.05) is 26.2 Å². The van der Waals surface area contributed by atoms with E-state index in [9.17, 15) is 0 Å². The lowest BCUT2D eigenvalue weighted by atomic mass is 9.99. The smallest absolute Gasteiger partial charge is 0.0107 e. The number of piperidine rings is 1. The first-order chi connectivity index (χ1) is 9.78. The van der Waals surface area contributed by atoms with E-state index in [0.717, 1.165) is 18.9 Å². The van der Waals surface area contributed by atoms with Crippen molar-refractivity contribution >= 4 is 0 Å². The third kappa shape index (κ3) is 5.26. The molecule has 0 aromatic heterocycles. The van der Waals surface area contributed by atoms with Gasteiger partial charge in [0.25, 0.3) is 0 Å². The quantitative estimate of drug-likeness (QED) is 0.820. The lowest BCUT2D eigenvalue weighted by Gasteiger charge is -2.30. The van der Waals surface area contributed by atoms with Crippen molar-refractivity contribution in [2.24, 2.45) is 5.92 Å². The highest BCUT2D eigenvalue weighted by Gasteiger charge is 2.15. The van der Waals surface area contributed by atoms with Crippen molar-refractivity contribution in [3.05, 3.63) is 35.9 Å². The summed E-state index contributed by atoms with van der Waals surface area (Å²) < 4.78 is 0. The first-order valence-corrected chi connectivity index (χ1v) is 8.27. The monoisotopic (exact) mass is 274 g/mol. The fourth-order valence-corrected chi connectivity index (χ4v) is 2.97. The first-order valence-electron chi connectivity index (χ1n) is 8.27. The van der Waals surface area contributed by atoms with Gasteiger partial charge >= 0.3 is 0 Å². The summed E-state index contributed by atoms with van der Waals surface area (Å²) in [5, 5.41) is 3.73. The summed E-state index contributed by atoms with van der Waals surface area (Å²) in [6, 6.07) is 11.4. The van der Waals surface area contributed by atoms with Crippen molar-refractivity contribution in [2.45, 2.75) is 45.6 Å². The molecule has 1 unspecified atom stereocenters. The lowest BCUT2D eigenvalue weighted by Crippen LogP contribution is -2.41. The average molecular weight is 274 g/mol. The molecule has 0 radical (unpaired) electrons. The molecule has 0 spiro atoms. The molecule has 1 aliphatic rings. The molecule has 1 fully saturated rings. The maximum atomic E-state index is 3.73. The Bertz CT molecular complexity index is 355. The highest BCUT2D eigenvalue weighted by molar-refractivity contribution is 5.15. The third-order valence-electron chi connectivity index (χ3n) is 4.56. The SMILES string of the molecule is CCC(Cc1ccccc1)NCCN1CCC(C)CC1. The fourth-order valence-electron chi connectivity index (χ4n) is 2.97. The van der Waals surface area contributed by atoms with Crippen LogP contribution in [0, 0.1) is 5.92 Å². The van der Waals surface area contributed by atoms with Gasteiger partial charge in [0, 0.05) is 19.1 Å². The molecule has 2 heteroatoms. The first kappa shape index (κ1) is 15.5. The van der Waals surface area contributed by atoms with Crippen molar-refractivity contribution in [1.29, 1.82) is 0 Å². The van der Waals surface area contributed by atoms with E-state index in [1.54, 1.807) is 0 Å². The van der Waals surface area contributed by atoms with Gasteiger partial charge in [0.05, 0.1) is 0 Å². The van der Waals surface area contributed by atoms with Gasteiger partial charge in [0.2, 0.25) is 0 Å². The van der Waals surface area contributed by atoms with Crippen LogP contribution in [0.25, 0.3) is 0 Å². The van der Waals surface area contributed by atoms with Crippen LogP contribution in [0.15, 0.2) is 30.3 Å². The van der Waals surface area contributed by atoms with Crippen molar-refractivity contribution < 1.29 is 0 Å². The Kier molecular flexibility index (Phi) is 6.55. The van der Waals surface area contributed by atoms with Crippen LogP contribution < -0.4 is 5.32 Å². The summed E-state index contributed by atoms with van der Waals surface area (Å²) in [5.41, 5.74) is 1.44. The Hall–Kier alpha value is -0.860. The van der Waals surface area contributed by atoms with Gasteiger partial charge < -0.3 is 10.2 Å². The highest BCUT2D eigenvalue weighted by atomic mass is 15.1. The molecule has 20 heavy (non-hydrogen) atoms. The second-order valence-electron chi connectivity index (χ2n) is 6.27. The Morgan fingerprint density at radius 1 is 1.20 bits per heavy atom. The molecule has 1 heterocycles. The van der Waals surface area contributed by atoms with Gasteiger partial charge in [-0.25, -0.2) is 0 Å². The van der Waals surface area contributed by atoms with Crippen LogP contribution in [0.4, 0.5) is 0 Å². The topological polar surface area (TPSA) is 15.3 Å². The van der Waals surface area contributed by atoms with Crippen molar-refractivity contribution in [1.82, 2.24) is 10.2 Å². The van der Waals surface area contributed by atoms with Crippen LogP contribution in [0.3, 0.4) is 0 Å². The van der Waals surface area contributed by atoms with Crippen LogP contribution in [-0.4, -0.2) is 37.1 Å². The summed E-state index contributed by atoms with van der Waals surface area (Å²) in [6.45, 7) is 9.57. The minimum Gasteiger partial charge on any atom is -0.312 e. The van der Waals surface area contributed by atoms with E-state index >= 15 is 0 Å². The molecule has 112 valence electrons. The second-order valence-corrected chi connectivity index (χ2v) is 6.27. The molecule has 2 nitrogen and oxygen atoms in total. The third-order valence-corrected chi connectivity index (χ3v) is 4.56. The molecule has 0 bridgehead atoms. The zero-order chi connectivity index (χ0) is 14.2. The Morgan fingerprint density at radius 2 is 1.90 bits per heavy atom. The zero-order valence-corrected chi connectivity index (χ0v) is 13.1. The average Bonchev–Trinajstić information content (AvgIpc) is 2.49. The van der Waals surface area contributed by atoms with E-state index in [-0.39, 0.29) is 0 Å². The minimum atomic E-state index is 0.612. The second kappa shape index (κ2) is 8.43. The van der Waals surface area contributed by atoms with E-state index < -0.39 is 0 Å². The van der Waals surface area contributed by atoms with Crippen molar-refractivity contribution in [3.8, 4) is 0 Å². The van der Waals surface area contributed by atoms with E-state index in [4.69, 9.17) is 0 Å². The maximum absolute atomic E-state index is 3.73. The number of hydrogen-bond acceptors (Lipinski definition) is 2. The number of rotatable bonds is 7. The number of nitrogens with zero attached hydrogens (tertiary/aromatic N) is 1. The Balaban J connectivity index is 1.66. The van der Waals surface area contributed by atoms with Crippen LogP contribution in [0.5, 0.6) is 0 Å². The molecule has 1 saturated heterocycles. The van der Waals surface area contributed by atoms with Gasteiger partial charge in [0.15, 0.2) is 0 Å². The largest absolute Gasteiger partial charge is 0.312 e. The maximum Gasteiger partial charge on any atom is 0.0107 e. The van der Waals surface area contributed by atoms with Gasteiger partial charge in [0.1, 0.15) is 0 Å². The van der Waals surface area contributed by atoms with Crippen molar-refractivity contribution in [3.63, 3.8) is 0 Å². The molecule has 1 aromatic carbocycles. The molecule has 0 aliphatic carbocycles. The number of hydrogen-bond donors (Lipinski definition) is 1. The predicted molar refractivity (Wildman–Crippen MR) is 87.1 cm³/mol. The molecule has 0 saturated carbocycles. The molecule has 1 N–H and O–H groups in total. The number of benzene rings is 1.